The standard InChI is InChI=1S/C12H11BrN2OS/c1-8-7-9(17-11(8)13)12(16)15(2)10-5-3-4-6-14-10/h3-7H,1-2H3. The number of hydrogen-bond donors (Lipinski definition) is 0. The third-order valence-corrected chi connectivity index (χ3v) is 4.49. The topological polar surface area (TPSA) is 33.2 Å². The van der Waals surface area contributed by atoms with Gasteiger partial charge in [-0.2, -0.15) is 0 Å². The van der Waals surface area contributed by atoms with E-state index in [0.717, 1.165) is 9.35 Å². The Morgan fingerprint density at radius 3 is 2.76 bits per heavy atom. The Kier molecular flexibility index (Phi) is 3.59. The summed E-state index contributed by atoms with van der Waals surface area (Å²) in [5.41, 5.74) is 1.08. The summed E-state index contributed by atoms with van der Waals surface area (Å²) in [7, 11) is 1.73. The number of pyridine rings is 1. The molecule has 0 atom stereocenters. The lowest BCUT2D eigenvalue weighted by Gasteiger charge is -2.14. The zero-order chi connectivity index (χ0) is 12.4. The molecule has 0 unspecified atom stereocenters. The van der Waals surface area contributed by atoms with E-state index in [9.17, 15) is 4.79 Å². The van der Waals surface area contributed by atoms with Crippen molar-refractivity contribution in [3.8, 4) is 0 Å². The monoisotopic (exact) mass is 310 g/mol. The summed E-state index contributed by atoms with van der Waals surface area (Å²) < 4.78 is 0.996. The molecule has 1 amide bonds. The van der Waals surface area contributed by atoms with E-state index in [-0.39, 0.29) is 5.91 Å². The van der Waals surface area contributed by atoms with Crippen LogP contribution in [0.15, 0.2) is 34.2 Å². The summed E-state index contributed by atoms with van der Waals surface area (Å²) in [6.07, 6.45) is 1.68. The molecule has 0 spiro atoms. The molecule has 0 saturated carbocycles. The zero-order valence-corrected chi connectivity index (χ0v) is 11.9. The Labute approximate surface area is 112 Å². The van der Waals surface area contributed by atoms with Crippen LogP contribution in [-0.2, 0) is 0 Å². The van der Waals surface area contributed by atoms with Crippen LogP contribution in [0.5, 0.6) is 0 Å². The number of anilines is 1. The lowest BCUT2D eigenvalue weighted by atomic mass is 10.3. The quantitative estimate of drug-likeness (QED) is 0.850. The van der Waals surface area contributed by atoms with Crippen LogP contribution in [0.1, 0.15) is 15.2 Å². The van der Waals surface area contributed by atoms with Crippen molar-refractivity contribution in [3.63, 3.8) is 0 Å². The Balaban J connectivity index is 2.26. The van der Waals surface area contributed by atoms with Crippen LogP contribution in [0.3, 0.4) is 0 Å². The Morgan fingerprint density at radius 1 is 1.47 bits per heavy atom. The molecular weight excluding hydrogens is 300 g/mol. The van der Waals surface area contributed by atoms with Gasteiger partial charge in [-0.3, -0.25) is 9.69 Å². The molecule has 2 heterocycles. The molecule has 0 aliphatic carbocycles. The van der Waals surface area contributed by atoms with Gasteiger partial charge in [0.25, 0.3) is 5.91 Å². The molecule has 0 saturated heterocycles. The molecule has 0 radical (unpaired) electrons. The molecule has 0 fully saturated rings. The Hall–Kier alpha value is -1.20. The summed E-state index contributed by atoms with van der Waals surface area (Å²) in [5.74, 6) is 0.613. The predicted octanol–water partition coefficient (Wildman–Crippen LogP) is 3.49. The highest BCUT2D eigenvalue weighted by molar-refractivity contribution is 9.11. The second-order valence-electron chi connectivity index (χ2n) is 3.62. The van der Waals surface area contributed by atoms with E-state index < -0.39 is 0 Å². The van der Waals surface area contributed by atoms with E-state index >= 15 is 0 Å². The number of halogens is 1. The van der Waals surface area contributed by atoms with E-state index in [1.165, 1.54) is 11.3 Å². The normalized spacial score (nSPS) is 10.3. The minimum absolute atomic E-state index is 0.0394. The molecule has 0 bridgehead atoms. The van der Waals surface area contributed by atoms with Crippen LogP contribution >= 0.6 is 27.3 Å². The smallest absolute Gasteiger partial charge is 0.269 e. The lowest BCUT2D eigenvalue weighted by molar-refractivity contribution is 0.0996. The van der Waals surface area contributed by atoms with Crippen LogP contribution in [0.4, 0.5) is 5.82 Å². The first kappa shape index (κ1) is 12.3. The van der Waals surface area contributed by atoms with E-state index in [4.69, 9.17) is 0 Å². The SMILES string of the molecule is Cc1cc(C(=O)N(C)c2ccccn2)sc1Br. The van der Waals surface area contributed by atoms with Crippen molar-refractivity contribution in [2.45, 2.75) is 6.92 Å². The molecule has 0 N–H and O–H groups in total. The maximum Gasteiger partial charge on any atom is 0.269 e. The second kappa shape index (κ2) is 4.98. The molecule has 0 aliphatic rings. The van der Waals surface area contributed by atoms with Gasteiger partial charge in [0.1, 0.15) is 5.82 Å². The summed E-state index contributed by atoms with van der Waals surface area (Å²) in [6.45, 7) is 1.97. The van der Waals surface area contributed by atoms with Gasteiger partial charge in [-0.05, 0) is 46.6 Å². The fourth-order valence-corrected chi connectivity index (χ4v) is 2.90. The highest BCUT2D eigenvalue weighted by Gasteiger charge is 2.17. The molecule has 0 aliphatic heterocycles. The minimum atomic E-state index is -0.0394. The van der Waals surface area contributed by atoms with Crippen LogP contribution < -0.4 is 4.90 Å². The van der Waals surface area contributed by atoms with Crippen molar-refractivity contribution < 1.29 is 4.79 Å². The number of rotatable bonds is 2. The number of nitrogens with zero attached hydrogens (tertiary/aromatic N) is 2. The maximum absolute atomic E-state index is 12.2. The second-order valence-corrected chi connectivity index (χ2v) is 5.99. The van der Waals surface area contributed by atoms with E-state index in [2.05, 4.69) is 20.9 Å². The minimum Gasteiger partial charge on any atom is -0.295 e. The molecule has 88 valence electrons. The number of aromatic nitrogens is 1. The van der Waals surface area contributed by atoms with E-state index in [1.807, 2.05) is 31.2 Å². The van der Waals surface area contributed by atoms with Gasteiger partial charge >= 0.3 is 0 Å². The number of amides is 1. The van der Waals surface area contributed by atoms with Gasteiger partial charge in [0.2, 0.25) is 0 Å². The molecule has 0 aromatic carbocycles. The highest BCUT2D eigenvalue weighted by Crippen LogP contribution is 2.28. The van der Waals surface area contributed by atoms with Crippen molar-refractivity contribution in [1.29, 1.82) is 0 Å². The van der Waals surface area contributed by atoms with Gasteiger partial charge in [0.05, 0.1) is 8.66 Å². The van der Waals surface area contributed by atoms with Crippen molar-refractivity contribution in [2.24, 2.45) is 0 Å². The predicted molar refractivity (Wildman–Crippen MR) is 73.7 cm³/mol. The molecule has 2 rings (SSSR count). The van der Waals surface area contributed by atoms with Crippen molar-refractivity contribution in [2.75, 3.05) is 11.9 Å². The molecule has 3 nitrogen and oxygen atoms in total. The third kappa shape index (κ3) is 2.56. The number of carbonyl (C=O) groups is 1. The van der Waals surface area contributed by atoms with Crippen LogP contribution in [0, 0.1) is 6.92 Å². The summed E-state index contributed by atoms with van der Waals surface area (Å²) in [4.78, 5) is 18.6. The largest absolute Gasteiger partial charge is 0.295 e. The molecule has 2 aromatic heterocycles. The van der Waals surface area contributed by atoms with Crippen LogP contribution in [0.25, 0.3) is 0 Å². The van der Waals surface area contributed by atoms with Gasteiger partial charge in [-0.25, -0.2) is 4.98 Å². The number of hydrogen-bond acceptors (Lipinski definition) is 3. The first-order valence-corrected chi connectivity index (χ1v) is 6.65. The number of aryl methyl sites for hydroxylation is 1. The summed E-state index contributed by atoms with van der Waals surface area (Å²) >= 11 is 4.87. The first-order chi connectivity index (χ1) is 8.09. The van der Waals surface area contributed by atoms with Gasteiger partial charge in [0.15, 0.2) is 0 Å². The molecule has 17 heavy (non-hydrogen) atoms. The lowest BCUT2D eigenvalue weighted by Crippen LogP contribution is -2.26. The Bertz CT molecular complexity index is 519. The average molecular weight is 311 g/mol. The fourth-order valence-electron chi connectivity index (χ4n) is 1.39. The van der Waals surface area contributed by atoms with Gasteiger partial charge in [0, 0.05) is 13.2 Å². The van der Waals surface area contributed by atoms with Crippen LogP contribution in [-0.4, -0.2) is 17.9 Å². The van der Waals surface area contributed by atoms with Gasteiger partial charge in [-0.1, -0.05) is 6.07 Å². The third-order valence-electron chi connectivity index (χ3n) is 2.37. The van der Waals surface area contributed by atoms with Gasteiger partial charge in [-0.15, -0.1) is 11.3 Å². The van der Waals surface area contributed by atoms with Crippen molar-refractivity contribution >= 4 is 39.0 Å². The Morgan fingerprint density at radius 2 is 2.24 bits per heavy atom. The summed E-state index contributed by atoms with van der Waals surface area (Å²) in [6, 6.07) is 7.39. The zero-order valence-electron chi connectivity index (χ0n) is 9.48. The fraction of sp³-hybridized carbons (Fsp3) is 0.167. The molecule has 2 aromatic rings. The van der Waals surface area contributed by atoms with Crippen LogP contribution in [0.2, 0.25) is 0 Å². The summed E-state index contributed by atoms with van der Waals surface area (Å²) in [5, 5.41) is 0. The number of thiophene rings is 1. The van der Waals surface area contributed by atoms with E-state index in [0.29, 0.717) is 10.7 Å². The highest BCUT2D eigenvalue weighted by atomic mass is 79.9. The molecular formula is C12H11BrN2OS. The molecule has 5 heteroatoms. The first-order valence-electron chi connectivity index (χ1n) is 5.04. The van der Waals surface area contributed by atoms with Crippen molar-refractivity contribution in [1.82, 2.24) is 4.98 Å². The number of carbonyl (C=O) groups excluding carboxylic acids is 1. The van der Waals surface area contributed by atoms with Gasteiger partial charge < -0.3 is 0 Å². The van der Waals surface area contributed by atoms with E-state index in [1.54, 1.807) is 18.1 Å². The maximum atomic E-state index is 12.2. The average Bonchev–Trinajstić information content (AvgIpc) is 2.69. The van der Waals surface area contributed by atoms with Crippen molar-refractivity contribution in [3.05, 3.63) is 44.7 Å².